The molecule has 5 aliphatic rings. The van der Waals surface area contributed by atoms with Crippen LogP contribution in [-0.4, -0.2) is 6.85 Å². The van der Waals surface area contributed by atoms with Gasteiger partial charge in [0, 0.05) is 33.7 Å². The molecule has 0 amide bonds. The van der Waals surface area contributed by atoms with Gasteiger partial charge in [0.25, 0.3) is 0 Å². The van der Waals surface area contributed by atoms with E-state index in [1.54, 1.807) is 0 Å². The molecule has 0 radical (unpaired) electrons. The molecule has 3 aliphatic heterocycles. The molecule has 0 N–H and O–H groups in total. The van der Waals surface area contributed by atoms with Crippen LogP contribution in [0.1, 0.15) is 85.0 Å². The molecule has 1 aromatic heterocycles. The van der Waals surface area contributed by atoms with Crippen molar-refractivity contribution in [2.75, 3.05) is 9.71 Å². The second-order valence-corrected chi connectivity index (χ2v) is 19.2. The number of nitrogens with zero attached hydrogens (tertiary/aromatic N) is 2. The summed E-state index contributed by atoms with van der Waals surface area (Å²) in [6, 6.07) is 53.2. The Hall–Kier alpha value is -6.26. The minimum Gasteiger partial charge on any atom is -0.466 e. The van der Waals surface area contributed by atoms with Crippen LogP contribution < -0.4 is 20.8 Å². The molecule has 8 aromatic rings. The van der Waals surface area contributed by atoms with E-state index < -0.39 is 5.41 Å². The minimum atomic E-state index is -0.478. The van der Waals surface area contributed by atoms with Gasteiger partial charge in [0.05, 0.1) is 11.1 Å². The van der Waals surface area contributed by atoms with E-state index in [-0.39, 0.29) is 17.7 Å². The van der Waals surface area contributed by atoms with Gasteiger partial charge in [0.15, 0.2) is 0 Å². The van der Waals surface area contributed by atoms with E-state index in [0.717, 1.165) is 22.3 Å². The summed E-state index contributed by atoms with van der Waals surface area (Å²) >= 11 is 0. The molecule has 13 rings (SSSR count). The van der Waals surface area contributed by atoms with Gasteiger partial charge in [-0.2, -0.15) is 0 Å². The molecule has 0 fully saturated rings. The van der Waals surface area contributed by atoms with E-state index in [0.29, 0.717) is 0 Å². The molecule has 0 bridgehead atoms. The number of hydrogen-bond acceptors (Lipinski definition) is 3. The largest absolute Gasteiger partial charge is 0.466 e. The van der Waals surface area contributed by atoms with Crippen LogP contribution >= 0.6 is 0 Å². The predicted octanol–water partition coefficient (Wildman–Crippen LogP) is 12.8. The van der Waals surface area contributed by atoms with Crippen LogP contribution in [0.3, 0.4) is 0 Å². The lowest BCUT2D eigenvalue weighted by Crippen LogP contribution is -2.62. The third kappa shape index (κ3) is 4.01. The quantitative estimate of drug-likeness (QED) is 0.155. The fraction of sp³-hybridized carbons (Fsp3) is 0.200. The van der Waals surface area contributed by atoms with E-state index in [9.17, 15) is 0 Å². The molecule has 0 atom stereocenters. The Labute approximate surface area is 347 Å². The summed E-state index contributed by atoms with van der Waals surface area (Å²) < 4.78 is 7.32. The molecule has 4 heterocycles. The van der Waals surface area contributed by atoms with Crippen molar-refractivity contribution in [3.05, 3.63) is 184 Å². The molecule has 4 heteroatoms. The van der Waals surface area contributed by atoms with Crippen LogP contribution in [0, 0.1) is 13.8 Å². The molecule has 1 spiro atoms. The lowest BCUT2D eigenvalue weighted by atomic mass is 9.44. The fourth-order valence-electron chi connectivity index (χ4n) is 12.3. The molecular weight excluding hydrogens is 715 g/mol. The molecule has 284 valence electrons. The molecule has 0 saturated heterocycles. The van der Waals surface area contributed by atoms with Crippen LogP contribution in [0.4, 0.5) is 28.4 Å². The highest BCUT2D eigenvalue weighted by atomic mass is 16.3. The smallest absolute Gasteiger partial charge is 0.375 e. The number of hydrogen-bond donors (Lipinski definition) is 0. The first-order valence-electron chi connectivity index (χ1n) is 21.4. The molecule has 0 unspecified atom stereocenters. The SMILES string of the molecule is Cc1cc2c3c(c1)N(c1cc4c(cc1C)C(C)(C)CCC4(C)C)c1c(oc4ccccc14)B3N1c3ccccc3C3(c4ccccc4-c4ccccc43)c3cccc-2c31. The van der Waals surface area contributed by atoms with E-state index in [1.807, 2.05) is 0 Å². The first kappa shape index (κ1) is 33.7. The number of furan rings is 1. The number of fused-ring (bicyclic) bond motifs is 16. The monoisotopic (exact) mass is 760 g/mol. The van der Waals surface area contributed by atoms with E-state index >= 15 is 0 Å². The van der Waals surface area contributed by atoms with E-state index in [1.165, 1.54) is 108 Å². The maximum atomic E-state index is 7.32. The molecule has 7 aromatic carbocycles. The first-order chi connectivity index (χ1) is 28.6. The Morgan fingerprint density at radius 3 is 1.86 bits per heavy atom. The Balaban J connectivity index is 1.17. The van der Waals surface area contributed by atoms with Gasteiger partial charge in [-0.25, -0.2) is 0 Å². The van der Waals surface area contributed by atoms with E-state index in [2.05, 4.69) is 191 Å². The summed E-state index contributed by atoms with van der Waals surface area (Å²) in [7, 11) is 0. The van der Waals surface area contributed by atoms with Crippen molar-refractivity contribution in [3.8, 4) is 22.3 Å². The number of anilines is 5. The summed E-state index contributed by atoms with van der Waals surface area (Å²) in [4.78, 5) is 5.26. The van der Waals surface area contributed by atoms with Crippen molar-refractivity contribution in [2.24, 2.45) is 0 Å². The summed E-state index contributed by atoms with van der Waals surface area (Å²) in [5.74, 6) is 0. The van der Waals surface area contributed by atoms with Gasteiger partial charge >= 0.3 is 6.85 Å². The maximum absolute atomic E-state index is 7.32. The third-order valence-electron chi connectivity index (χ3n) is 15.0. The standard InChI is InChI=1S/C55H45BN2O/c1-32-28-38-36-19-15-23-42-50(36)58(45-24-13-12-22-41(45)55(42)39-20-10-7-16-34(39)35-17-8-11-21-40(35)55)56-49(38)47(29-32)57(51-37-18-9-14-25-48(37)59-52(51)56)46-31-44-43(30-33(46)2)53(3,4)26-27-54(44,5)6/h7-25,28-31H,26-27H2,1-6H3. The molecule has 0 saturated carbocycles. The van der Waals surface area contributed by atoms with Crippen LogP contribution in [0.2, 0.25) is 0 Å². The number of para-hydroxylation sites is 3. The van der Waals surface area contributed by atoms with Gasteiger partial charge in [0.2, 0.25) is 0 Å². The Kier molecular flexibility index (Phi) is 6.32. The average Bonchev–Trinajstić information content (AvgIpc) is 3.77. The van der Waals surface area contributed by atoms with Gasteiger partial charge < -0.3 is 14.1 Å². The van der Waals surface area contributed by atoms with Crippen LogP contribution in [0.5, 0.6) is 0 Å². The molecule has 2 aliphatic carbocycles. The van der Waals surface area contributed by atoms with Crippen molar-refractivity contribution in [3.63, 3.8) is 0 Å². The second-order valence-electron chi connectivity index (χ2n) is 19.2. The van der Waals surface area contributed by atoms with Crippen molar-refractivity contribution in [1.82, 2.24) is 0 Å². The molecular formula is C55H45BN2O. The van der Waals surface area contributed by atoms with Crippen molar-refractivity contribution < 1.29 is 4.42 Å². The minimum absolute atomic E-state index is 0.0687. The third-order valence-corrected chi connectivity index (χ3v) is 15.0. The van der Waals surface area contributed by atoms with Crippen molar-refractivity contribution in [2.45, 2.75) is 70.6 Å². The zero-order valence-corrected chi connectivity index (χ0v) is 34.6. The highest BCUT2D eigenvalue weighted by Crippen LogP contribution is 2.65. The van der Waals surface area contributed by atoms with Gasteiger partial charge in [-0.1, -0.05) is 137 Å². The molecule has 59 heavy (non-hydrogen) atoms. The van der Waals surface area contributed by atoms with Gasteiger partial charge in [-0.05, 0) is 135 Å². The van der Waals surface area contributed by atoms with Gasteiger partial charge in [-0.3, -0.25) is 0 Å². The van der Waals surface area contributed by atoms with Crippen LogP contribution in [-0.2, 0) is 16.2 Å². The topological polar surface area (TPSA) is 19.6 Å². The summed E-state index contributed by atoms with van der Waals surface area (Å²) in [5.41, 5.74) is 25.1. The lowest BCUT2D eigenvalue weighted by Gasteiger charge is -2.51. The van der Waals surface area contributed by atoms with Crippen molar-refractivity contribution >= 4 is 57.4 Å². The van der Waals surface area contributed by atoms with Crippen LogP contribution in [0.25, 0.3) is 33.2 Å². The van der Waals surface area contributed by atoms with Crippen molar-refractivity contribution in [1.29, 1.82) is 0 Å². The summed E-state index contributed by atoms with van der Waals surface area (Å²) in [6.07, 6.45) is 2.36. The predicted molar refractivity (Wildman–Crippen MR) is 246 cm³/mol. The number of rotatable bonds is 1. The average molecular weight is 761 g/mol. The highest BCUT2D eigenvalue weighted by molar-refractivity contribution is 6.93. The molecule has 3 nitrogen and oxygen atoms in total. The van der Waals surface area contributed by atoms with Gasteiger partial charge in [0.1, 0.15) is 11.2 Å². The Bertz CT molecular complexity index is 3140. The summed E-state index contributed by atoms with van der Waals surface area (Å²) in [5, 5.41) is 1.15. The number of benzene rings is 7. The van der Waals surface area contributed by atoms with Crippen LogP contribution in [0.15, 0.2) is 144 Å². The summed E-state index contributed by atoms with van der Waals surface area (Å²) in [6.45, 7) is 14.2. The highest BCUT2D eigenvalue weighted by Gasteiger charge is 2.57. The van der Waals surface area contributed by atoms with E-state index in [4.69, 9.17) is 4.42 Å². The Morgan fingerprint density at radius 1 is 0.508 bits per heavy atom. The second kappa shape index (κ2) is 11.1. The van der Waals surface area contributed by atoms with Gasteiger partial charge in [-0.15, -0.1) is 0 Å². The lowest BCUT2D eigenvalue weighted by molar-refractivity contribution is 0.332. The first-order valence-corrected chi connectivity index (χ1v) is 21.4. The zero-order valence-electron chi connectivity index (χ0n) is 34.6. The zero-order chi connectivity index (χ0) is 39.7. The number of aryl methyl sites for hydroxylation is 2. The Morgan fingerprint density at radius 2 is 1.12 bits per heavy atom. The maximum Gasteiger partial charge on any atom is 0.375 e. The normalized spacial score (nSPS) is 17.5. The fourth-order valence-corrected chi connectivity index (χ4v) is 12.3.